The summed E-state index contributed by atoms with van der Waals surface area (Å²) in [6.07, 6.45) is 16.6. The summed E-state index contributed by atoms with van der Waals surface area (Å²) in [4.78, 5) is 4.15. The highest BCUT2D eigenvalue weighted by Gasteiger charge is 2.10. The monoisotopic (exact) mass is 378 g/mol. The van der Waals surface area contributed by atoms with Crippen LogP contribution in [-0.4, -0.2) is 14.8 Å². The minimum absolute atomic E-state index is 0.712. The van der Waals surface area contributed by atoms with Crippen LogP contribution in [0, 0.1) is 0 Å². The molecule has 2 rings (SSSR count). The third-order valence-electron chi connectivity index (χ3n) is 4.55. The summed E-state index contributed by atoms with van der Waals surface area (Å²) in [6.45, 7) is 3.34. The van der Waals surface area contributed by atoms with Gasteiger partial charge in [-0.3, -0.25) is 0 Å². The molecule has 1 heterocycles. The number of aromatic nitrogens is 2. The molecular formula is C21H31ClN2S. The van der Waals surface area contributed by atoms with Gasteiger partial charge in [-0.05, 0) is 30.5 Å². The molecule has 0 spiro atoms. The summed E-state index contributed by atoms with van der Waals surface area (Å²) >= 11 is 8.08. The molecule has 0 fully saturated rings. The predicted octanol–water partition coefficient (Wildman–Crippen LogP) is 6.98. The first-order valence-electron chi connectivity index (χ1n) is 9.59. The summed E-state index contributed by atoms with van der Waals surface area (Å²) in [5.41, 5.74) is 1.37. The van der Waals surface area contributed by atoms with E-state index in [-0.39, 0.29) is 0 Å². The number of aryl methyl sites for hydroxylation is 1. The van der Waals surface area contributed by atoms with E-state index in [1.54, 1.807) is 0 Å². The average molecular weight is 379 g/mol. The average Bonchev–Trinajstić information content (AvgIpc) is 3.14. The zero-order chi connectivity index (χ0) is 17.7. The van der Waals surface area contributed by atoms with Gasteiger partial charge in [0.15, 0.2) is 0 Å². The van der Waals surface area contributed by atoms with Gasteiger partial charge in [-0.15, -0.1) is 0 Å². The van der Waals surface area contributed by atoms with Gasteiger partial charge in [-0.1, -0.05) is 69.2 Å². The zero-order valence-corrected chi connectivity index (χ0v) is 16.9. The molecular weight excluding hydrogens is 348 g/mol. The molecule has 1 aromatic heterocycles. The number of hydrogen-bond acceptors (Lipinski definition) is 2. The van der Waals surface area contributed by atoms with E-state index in [1.807, 2.05) is 24.7 Å². The van der Waals surface area contributed by atoms with E-state index in [0.717, 1.165) is 17.3 Å². The second-order valence-electron chi connectivity index (χ2n) is 6.71. The molecule has 25 heavy (non-hydrogen) atoms. The summed E-state index contributed by atoms with van der Waals surface area (Å²) in [5.74, 6) is 1.07. The largest absolute Gasteiger partial charge is 0.337 e. The fraction of sp³-hybridized carbons (Fsp3) is 0.571. The number of benzene rings is 1. The molecule has 1 aromatic carbocycles. The van der Waals surface area contributed by atoms with Crippen LogP contribution in [0.2, 0.25) is 5.02 Å². The van der Waals surface area contributed by atoms with Crippen molar-refractivity contribution in [3.05, 3.63) is 53.6 Å². The first kappa shape index (κ1) is 20.4. The molecule has 0 aliphatic rings. The van der Waals surface area contributed by atoms with Crippen molar-refractivity contribution in [2.75, 3.05) is 0 Å². The maximum Gasteiger partial charge on any atom is 0.0945 e. The smallest absolute Gasteiger partial charge is 0.0945 e. The molecule has 2 nitrogen and oxygen atoms in total. The molecule has 1 unspecified atom stereocenters. The Morgan fingerprint density at radius 1 is 1.04 bits per heavy atom. The minimum Gasteiger partial charge on any atom is -0.337 e. The van der Waals surface area contributed by atoms with Crippen LogP contribution < -0.4 is 0 Å². The van der Waals surface area contributed by atoms with Crippen LogP contribution in [-0.2, 0) is 12.3 Å². The van der Waals surface area contributed by atoms with Crippen LogP contribution in [0.3, 0.4) is 0 Å². The number of hydrogen-bond donors (Lipinski definition) is 0. The topological polar surface area (TPSA) is 17.8 Å². The summed E-state index contributed by atoms with van der Waals surface area (Å²) in [5, 5.41) is 1.53. The van der Waals surface area contributed by atoms with E-state index in [1.165, 1.54) is 56.9 Å². The lowest BCUT2D eigenvalue weighted by molar-refractivity contribution is 0.547. The van der Waals surface area contributed by atoms with E-state index in [4.69, 9.17) is 11.6 Å². The van der Waals surface area contributed by atoms with Gasteiger partial charge in [0.2, 0.25) is 0 Å². The predicted molar refractivity (Wildman–Crippen MR) is 111 cm³/mol. The molecule has 0 radical (unpaired) electrons. The van der Waals surface area contributed by atoms with Crippen molar-refractivity contribution in [3.8, 4) is 0 Å². The fourth-order valence-electron chi connectivity index (χ4n) is 2.97. The lowest BCUT2D eigenvalue weighted by Gasteiger charge is -2.17. The highest BCUT2D eigenvalue weighted by Crippen LogP contribution is 2.26. The van der Waals surface area contributed by atoms with Gasteiger partial charge in [0.25, 0.3) is 0 Å². The van der Waals surface area contributed by atoms with Crippen LogP contribution in [0.1, 0.15) is 63.9 Å². The molecule has 0 aliphatic heterocycles. The van der Waals surface area contributed by atoms with E-state index < -0.39 is 0 Å². The standard InChI is InChI=1S/C21H31ClN2S/c1-2-3-4-5-6-7-8-21(13-15-24-16-14-23-18-24)25-17-19-9-11-20(22)12-10-19/h9-12,14,16,18,21H,2-8,13,15,17H2,1H3. The Labute approximate surface area is 162 Å². The van der Waals surface area contributed by atoms with E-state index in [2.05, 4.69) is 46.6 Å². The first-order valence-corrected chi connectivity index (χ1v) is 11.0. The quantitative estimate of drug-likeness (QED) is 0.350. The Hall–Kier alpha value is -0.930. The van der Waals surface area contributed by atoms with E-state index >= 15 is 0 Å². The highest BCUT2D eigenvalue weighted by atomic mass is 35.5. The molecule has 0 aliphatic carbocycles. The molecule has 0 saturated heterocycles. The van der Waals surface area contributed by atoms with E-state index in [0.29, 0.717) is 5.25 Å². The van der Waals surface area contributed by atoms with Gasteiger partial charge < -0.3 is 4.57 Å². The number of thioether (sulfide) groups is 1. The molecule has 0 saturated carbocycles. The van der Waals surface area contributed by atoms with Crippen LogP contribution in [0.5, 0.6) is 0 Å². The van der Waals surface area contributed by atoms with Gasteiger partial charge in [0.1, 0.15) is 0 Å². The molecule has 4 heteroatoms. The lowest BCUT2D eigenvalue weighted by atomic mass is 10.1. The SMILES string of the molecule is CCCCCCCCC(CCn1ccnc1)SCc1ccc(Cl)cc1. The maximum absolute atomic E-state index is 5.99. The zero-order valence-electron chi connectivity index (χ0n) is 15.4. The van der Waals surface area contributed by atoms with Crippen LogP contribution in [0.25, 0.3) is 0 Å². The third-order valence-corrected chi connectivity index (χ3v) is 6.24. The number of unbranched alkanes of at least 4 members (excludes halogenated alkanes) is 5. The van der Waals surface area contributed by atoms with Crippen molar-refractivity contribution in [1.29, 1.82) is 0 Å². The number of halogens is 1. The van der Waals surface area contributed by atoms with Crippen molar-refractivity contribution in [2.24, 2.45) is 0 Å². The van der Waals surface area contributed by atoms with Gasteiger partial charge in [0, 0.05) is 35.0 Å². The summed E-state index contributed by atoms with van der Waals surface area (Å²) in [6, 6.07) is 8.28. The van der Waals surface area contributed by atoms with Crippen LogP contribution >= 0.6 is 23.4 Å². The van der Waals surface area contributed by atoms with E-state index in [9.17, 15) is 0 Å². The first-order chi connectivity index (χ1) is 12.3. The normalized spacial score (nSPS) is 12.4. The lowest BCUT2D eigenvalue weighted by Crippen LogP contribution is -2.08. The minimum atomic E-state index is 0.712. The molecule has 138 valence electrons. The second-order valence-corrected chi connectivity index (χ2v) is 8.43. The second kappa shape index (κ2) is 12.4. The van der Waals surface area contributed by atoms with Gasteiger partial charge >= 0.3 is 0 Å². The Morgan fingerprint density at radius 3 is 2.52 bits per heavy atom. The highest BCUT2D eigenvalue weighted by molar-refractivity contribution is 7.99. The van der Waals surface area contributed by atoms with Crippen molar-refractivity contribution < 1.29 is 0 Å². The molecule has 1 atom stereocenters. The molecule has 2 aromatic rings. The Kier molecular flexibility index (Phi) is 10.1. The summed E-state index contributed by atoms with van der Waals surface area (Å²) in [7, 11) is 0. The maximum atomic E-state index is 5.99. The van der Waals surface area contributed by atoms with Crippen molar-refractivity contribution >= 4 is 23.4 Å². The van der Waals surface area contributed by atoms with Crippen molar-refractivity contribution in [1.82, 2.24) is 9.55 Å². The number of rotatable bonds is 13. The van der Waals surface area contributed by atoms with Crippen molar-refractivity contribution in [3.63, 3.8) is 0 Å². The molecule has 0 amide bonds. The molecule has 0 N–H and O–H groups in total. The molecule has 0 bridgehead atoms. The van der Waals surface area contributed by atoms with Gasteiger partial charge in [-0.2, -0.15) is 11.8 Å². The third kappa shape index (κ3) is 8.82. The number of imidazole rings is 1. The fourth-order valence-corrected chi connectivity index (χ4v) is 4.32. The van der Waals surface area contributed by atoms with Crippen molar-refractivity contribution in [2.45, 2.75) is 75.8 Å². The van der Waals surface area contributed by atoms with Crippen LogP contribution in [0.4, 0.5) is 0 Å². The van der Waals surface area contributed by atoms with Crippen LogP contribution in [0.15, 0.2) is 43.0 Å². The Morgan fingerprint density at radius 2 is 1.80 bits per heavy atom. The van der Waals surface area contributed by atoms with Gasteiger partial charge in [0.05, 0.1) is 6.33 Å². The van der Waals surface area contributed by atoms with Gasteiger partial charge in [-0.25, -0.2) is 4.98 Å². The summed E-state index contributed by atoms with van der Waals surface area (Å²) < 4.78 is 2.19. The number of nitrogens with zero attached hydrogens (tertiary/aromatic N) is 2. The Bertz CT molecular complexity index is 554. The Balaban J connectivity index is 1.75.